The van der Waals surface area contributed by atoms with E-state index in [1.54, 1.807) is 0 Å². The largest absolute Gasteiger partial charge is 0.418 e. The Kier molecular flexibility index (Phi) is 4.04. The predicted octanol–water partition coefficient (Wildman–Crippen LogP) is 3.59. The van der Waals surface area contributed by atoms with Gasteiger partial charge in [0.1, 0.15) is 0 Å². The van der Waals surface area contributed by atoms with Gasteiger partial charge in [-0.05, 0) is 24.3 Å². The van der Waals surface area contributed by atoms with Crippen LogP contribution < -0.4 is 11.1 Å². The van der Waals surface area contributed by atoms with E-state index in [0.717, 1.165) is 12.1 Å². The first kappa shape index (κ1) is 15.1. The van der Waals surface area contributed by atoms with Crippen molar-refractivity contribution in [3.63, 3.8) is 0 Å². The van der Waals surface area contributed by atoms with E-state index in [2.05, 4.69) is 10.3 Å². The Morgan fingerprint density at radius 2 is 2.00 bits per heavy atom. The zero-order valence-corrected chi connectivity index (χ0v) is 11.2. The van der Waals surface area contributed by atoms with Gasteiger partial charge in [-0.3, -0.25) is 9.78 Å². The number of nitrogens with two attached hydrogens (primary N) is 1. The fraction of sp³-hybridized carbons (Fsp3) is 0.0769. The van der Waals surface area contributed by atoms with E-state index in [1.807, 2.05) is 0 Å². The van der Waals surface area contributed by atoms with Crippen LogP contribution in [-0.2, 0) is 6.18 Å². The highest BCUT2D eigenvalue weighted by atomic mass is 35.5. The summed E-state index contributed by atoms with van der Waals surface area (Å²) in [5.41, 5.74) is 3.93. The maximum absolute atomic E-state index is 12.7. The number of nitrogens with zero attached hydrogens (tertiary/aromatic N) is 1. The molecule has 4 nitrogen and oxygen atoms in total. The van der Waals surface area contributed by atoms with E-state index >= 15 is 0 Å². The number of aromatic nitrogens is 1. The average molecular weight is 316 g/mol. The Hall–Kier alpha value is -2.28. The van der Waals surface area contributed by atoms with Crippen LogP contribution in [0, 0.1) is 0 Å². The van der Waals surface area contributed by atoms with Crippen LogP contribution in [0.4, 0.5) is 24.5 Å². The Morgan fingerprint density at radius 1 is 1.29 bits per heavy atom. The van der Waals surface area contributed by atoms with Crippen molar-refractivity contribution in [3.8, 4) is 0 Å². The summed E-state index contributed by atoms with van der Waals surface area (Å²) in [5, 5.41) is 2.43. The summed E-state index contributed by atoms with van der Waals surface area (Å²) in [5.74, 6) is -0.639. The zero-order chi connectivity index (χ0) is 15.6. The zero-order valence-electron chi connectivity index (χ0n) is 10.4. The monoisotopic (exact) mass is 315 g/mol. The van der Waals surface area contributed by atoms with E-state index in [4.69, 9.17) is 17.3 Å². The molecule has 0 aliphatic carbocycles. The number of benzene rings is 1. The van der Waals surface area contributed by atoms with Crippen LogP contribution >= 0.6 is 11.6 Å². The molecule has 21 heavy (non-hydrogen) atoms. The van der Waals surface area contributed by atoms with Gasteiger partial charge < -0.3 is 11.1 Å². The van der Waals surface area contributed by atoms with Crippen molar-refractivity contribution < 1.29 is 18.0 Å². The van der Waals surface area contributed by atoms with Gasteiger partial charge in [-0.15, -0.1) is 0 Å². The number of hydrogen-bond donors (Lipinski definition) is 2. The summed E-state index contributed by atoms with van der Waals surface area (Å²) in [6, 6.07) is 4.48. The second-order valence-electron chi connectivity index (χ2n) is 4.11. The molecule has 2 rings (SSSR count). The first-order valence-electron chi connectivity index (χ1n) is 5.66. The number of carbonyl (C=O) groups excluding carboxylic acids is 1. The van der Waals surface area contributed by atoms with E-state index in [0.29, 0.717) is 0 Å². The highest BCUT2D eigenvalue weighted by molar-refractivity contribution is 6.34. The SMILES string of the molecule is Nc1ccc(NC(=O)c2ccncc2Cl)cc1C(F)(F)F. The Labute approximate surface area is 122 Å². The van der Waals surface area contributed by atoms with E-state index in [9.17, 15) is 18.0 Å². The third kappa shape index (κ3) is 3.43. The number of carbonyl (C=O) groups is 1. The highest BCUT2D eigenvalue weighted by Gasteiger charge is 2.33. The molecule has 1 aromatic heterocycles. The quantitative estimate of drug-likeness (QED) is 0.832. The lowest BCUT2D eigenvalue weighted by Gasteiger charge is -2.12. The number of rotatable bonds is 2. The lowest BCUT2D eigenvalue weighted by atomic mass is 10.1. The van der Waals surface area contributed by atoms with Crippen LogP contribution in [-0.4, -0.2) is 10.9 Å². The summed E-state index contributed by atoms with van der Waals surface area (Å²) in [6.45, 7) is 0. The fourth-order valence-electron chi connectivity index (χ4n) is 1.64. The van der Waals surface area contributed by atoms with Gasteiger partial charge in [0, 0.05) is 23.8 Å². The molecule has 0 saturated carbocycles. The van der Waals surface area contributed by atoms with Crippen LogP contribution in [0.25, 0.3) is 0 Å². The molecular formula is C13H9ClF3N3O. The van der Waals surface area contributed by atoms with Gasteiger partial charge in [-0.25, -0.2) is 0 Å². The van der Waals surface area contributed by atoms with Crippen LogP contribution in [0.3, 0.4) is 0 Å². The third-order valence-electron chi connectivity index (χ3n) is 2.63. The van der Waals surface area contributed by atoms with Crippen molar-refractivity contribution in [1.82, 2.24) is 4.98 Å². The number of alkyl halides is 3. The minimum absolute atomic E-state index is 0.0330. The first-order valence-corrected chi connectivity index (χ1v) is 6.04. The predicted molar refractivity (Wildman–Crippen MR) is 73.1 cm³/mol. The molecule has 3 N–H and O–H groups in total. The molecule has 0 atom stereocenters. The normalized spacial score (nSPS) is 11.2. The molecule has 2 aromatic rings. The molecule has 0 radical (unpaired) electrons. The van der Waals surface area contributed by atoms with Gasteiger partial charge in [0.05, 0.1) is 16.1 Å². The van der Waals surface area contributed by atoms with Crippen molar-refractivity contribution in [3.05, 3.63) is 52.8 Å². The molecule has 1 aromatic carbocycles. The molecule has 1 heterocycles. The molecule has 0 spiro atoms. The minimum Gasteiger partial charge on any atom is -0.398 e. The first-order chi connectivity index (χ1) is 9.79. The molecule has 110 valence electrons. The molecule has 1 amide bonds. The number of nitrogens with one attached hydrogen (secondary N) is 1. The maximum Gasteiger partial charge on any atom is 0.418 e. The number of halogens is 4. The van der Waals surface area contributed by atoms with Crippen molar-refractivity contribution in [1.29, 1.82) is 0 Å². The molecule has 0 unspecified atom stereocenters. The molecule has 0 aliphatic rings. The highest BCUT2D eigenvalue weighted by Crippen LogP contribution is 2.35. The topological polar surface area (TPSA) is 68.0 Å². The molecule has 0 fully saturated rings. The van der Waals surface area contributed by atoms with Crippen molar-refractivity contribution in [2.75, 3.05) is 11.1 Å². The molecule has 8 heteroatoms. The van der Waals surface area contributed by atoms with Crippen LogP contribution in [0.15, 0.2) is 36.7 Å². The standard InChI is InChI=1S/C13H9ClF3N3O/c14-10-6-19-4-3-8(10)12(21)20-7-1-2-11(18)9(5-7)13(15,16)17/h1-6H,18H2,(H,20,21). The summed E-state index contributed by atoms with van der Waals surface area (Å²) in [6.07, 6.45) is -1.98. The van der Waals surface area contributed by atoms with Crippen molar-refractivity contribution >= 4 is 28.9 Å². The summed E-state index contributed by atoms with van der Waals surface area (Å²) >= 11 is 5.79. The summed E-state index contributed by atoms with van der Waals surface area (Å²) in [7, 11) is 0. The Bertz CT molecular complexity index is 689. The molecule has 0 aliphatic heterocycles. The third-order valence-corrected chi connectivity index (χ3v) is 2.93. The van der Waals surface area contributed by atoms with Gasteiger partial charge in [-0.1, -0.05) is 11.6 Å². The van der Waals surface area contributed by atoms with E-state index in [1.165, 1.54) is 24.5 Å². The van der Waals surface area contributed by atoms with Gasteiger partial charge >= 0.3 is 6.18 Å². The number of anilines is 2. The number of pyridine rings is 1. The minimum atomic E-state index is -4.60. The van der Waals surface area contributed by atoms with Gasteiger partial charge in [0.2, 0.25) is 0 Å². The summed E-state index contributed by atoms with van der Waals surface area (Å²) < 4.78 is 38.2. The van der Waals surface area contributed by atoms with Crippen LogP contribution in [0.5, 0.6) is 0 Å². The number of nitrogen functional groups attached to an aromatic ring is 1. The van der Waals surface area contributed by atoms with Gasteiger partial charge in [0.15, 0.2) is 0 Å². The van der Waals surface area contributed by atoms with Crippen LogP contribution in [0.2, 0.25) is 5.02 Å². The van der Waals surface area contributed by atoms with E-state index < -0.39 is 23.3 Å². The summed E-state index contributed by atoms with van der Waals surface area (Å²) in [4.78, 5) is 15.7. The maximum atomic E-state index is 12.7. The van der Waals surface area contributed by atoms with Gasteiger partial charge in [0.25, 0.3) is 5.91 Å². The van der Waals surface area contributed by atoms with Crippen molar-refractivity contribution in [2.45, 2.75) is 6.18 Å². The Balaban J connectivity index is 2.29. The average Bonchev–Trinajstić information content (AvgIpc) is 2.40. The fourth-order valence-corrected chi connectivity index (χ4v) is 1.84. The molecular weight excluding hydrogens is 307 g/mol. The Morgan fingerprint density at radius 3 is 2.62 bits per heavy atom. The lowest BCUT2D eigenvalue weighted by Crippen LogP contribution is -2.14. The molecule has 0 saturated heterocycles. The smallest absolute Gasteiger partial charge is 0.398 e. The second kappa shape index (κ2) is 5.61. The lowest BCUT2D eigenvalue weighted by molar-refractivity contribution is -0.136. The second-order valence-corrected chi connectivity index (χ2v) is 4.52. The molecule has 0 bridgehead atoms. The van der Waals surface area contributed by atoms with Crippen LogP contribution in [0.1, 0.15) is 15.9 Å². The number of hydrogen-bond acceptors (Lipinski definition) is 3. The van der Waals surface area contributed by atoms with E-state index in [-0.39, 0.29) is 16.3 Å². The number of amides is 1. The van der Waals surface area contributed by atoms with Crippen molar-refractivity contribution in [2.24, 2.45) is 0 Å². The van der Waals surface area contributed by atoms with Gasteiger partial charge in [-0.2, -0.15) is 13.2 Å².